The molecule has 0 unspecified atom stereocenters. The number of amides is 1. The second-order valence-electron chi connectivity index (χ2n) is 6.70. The van der Waals surface area contributed by atoms with Crippen molar-refractivity contribution in [3.63, 3.8) is 0 Å². The fraction of sp³-hybridized carbons (Fsp3) is 0.316. The largest absolute Gasteiger partial charge is 0.420 e. The van der Waals surface area contributed by atoms with Crippen molar-refractivity contribution in [2.75, 3.05) is 39.3 Å². The summed E-state index contributed by atoms with van der Waals surface area (Å²) in [7, 11) is 0.940. The van der Waals surface area contributed by atoms with Gasteiger partial charge in [0.05, 0.1) is 23.0 Å². The number of rotatable bonds is 7. The number of benzene rings is 1. The molecule has 0 N–H and O–H groups in total. The van der Waals surface area contributed by atoms with Crippen molar-refractivity contribution in [2.45, 2.75) is 16.8 Å². The van der Waals surface area contributed by atoms with E-state index in [1.165, 1.54) is 28.0 Å². The fourth-order valence-corrected chi connectivity index (χ4v) is 5.30. The third-order valence-corrected chi connectivity index (χ3v) is 7.28. The van der Waals surface area contributed by atoms with Crippen LogP contribution in [0, 0.1) is 6.92 Å². The number of thioether (sulfide) groups is 1. The molecule has 0 saturated carbocycles. The molecule has 2 aromatic rings. The Labute approximate surface area is 184 Å². The van der Waals surface area contributed by atoms with Gasteiger partial charge in [-0.2, -0.15) is 4.98 Å². The molecular formula is C19H21N3O5S3. The molecule has 3 rings (SSSR count). The highest BCUT2D eigenvalue weighted by molar-refractivity contribution is 8.26. The molecule has 11 heteroatoms. The molecule has 1 amide bonds. The van der Waals surface area contributed by atoms with Crippen LogP contribution in [0.15, 0.2) is 43.5 Å². The van der Waals surface area contributed by atoms with E-state index >= 15 is 0 Å². The van der Waals surface area contributed by atoms with Crippen LogP contribution in [0.25, 0.3) is 6.08 Å². The van der Waals surface area contributed by atoms with Crippen molar-refractivity contribution >= 4 is 56.0 Å². The van der Waals surface area contributed by atoms with Gasteiger partial charge in [0.15, 0.2) is 0 Å². The van der Waals surface area contributed by atoms with E-state index in [1.54, 1.807) is 33.3 Å². The number of carbonyl (C=O) groups is 1. The summed E-state index contributed by atoms with van der Waals surface area (Å²) in [6.07, 6.45) is 1.41. The first-order chi connectivity index (χ1) is 14.1. The Bertz CT molecular complexity index is 1100. The lowest BCUT2D eigenvalue weighted by atomic mass is 10.2. The minimum Gasteiger partial charge on any atom is -0.420 e. The van der Waals surface area contributed by atoms with Gasteiger partial charge in [-0.05, 0) is 19.1 Å². The smallest absolute Gasteiger partial charge is 0.266 e. The van der Waals surface area contributed by atoms with Crippen LogP contribution in [0.5, 0.6) is 0 Å². The van der Waals surface area contributed by atoms with Crippen molar-refractivity contribution in [2.24, 2.45) is 0 Å². The second-order valence-corrected chi connectivity index (χ2v) is 10.2. The van der Waals surface area contributed by atoms with Gasteiger partial charge in [0.1, 0.15) is 4.32 Å². The zero-order chi connectivity index (χ0) is 22.1. The Morgan fingerprint density at radius 2 is 1.97 bits per heavy atom. The normalized spacial score (nSPS) is 16.0. The van der Waals surface area contributed by atoms with Crippen LogP contribution in [0.2, 0.25) is 0 Å². The number of anilines is 1. The maximum atomic E-state index is 13.1. The molecule has 0 radical (unpaired) electrons. The Balaban J connectivity index is 1.99. The van der Waals surface area contributed by atoms with E-state index in [0.29, 0.717) is 22.4 Å². The van der Waals surface area contributed by atoms with E-state index in [2.05, 4.69) is 4.98 Å². The molecule has 1 aliphatic rings. The molecular weight excluding hydrogens is 446 g/mol. The highest BCUT2D eigenvalue weighted by Crippen LogP contribution is 2.35. The SMILES string of the molecule is COCCN1C(=O)C(=Cc2nc(S(=O)(=O)c3ccc(C)cc3)c(N(C)C)o2)SC1=S. The first-order valence-electron chi connectivity index (χ1n) is 8.89. The Morgan fingerprint density at radius 3 is 2.57 bits per heavy atom. The number of aryl methyl sites for hydroxylation is 1. The summed E-state index contributed by atoms with van der Waals surface area (Å²) in [5.74, 6) is -0.206. The number of aromatic nitrogens is 1. The summed E-state index contributed by atoms with van der Waals surface area (Å²) in [4.78, 5) is 20.2. The minimum absolute atomic E-state index is 0.0108. The van der Waals surface area contributed by atoms with E-state index in [4.69, 9.17) is 21.4 Å². The van der Waals surface area contributed by atoms with Crippen molar-refractivity contribution < 1.29 is 22.4 Å². The highest BCUT2D eigenvalue weighted by atomic mass is 32.2. The molecule has 0 atom stereocenters. The number of methoxy groups -OCH3 is 1. The summed E-state index contributed by atoms with van der Waals surface area (Å²) < 4.78 is 37.3. The van der Waals surface area contributed by atoms with E-state index in [0.717, 1.165) is 17.3 Å². The maximum Gasteiger partial charge on any atom is 0.266 e. The molecule has 1 aliphatic heterocycles. The summed E-state index contributed by atoms with van der Waals surface area (Å²) in [5.41, 5.74) is 0.943. The van der Waals surface area contributed by atoms with Crippen LogP contribution in [0.4, 0.5) is 5.88 Å². The van der Waals surface area contributed by atoms with Gasteiger partial charge in [-0.3, -0.25) is 9.69 Å². The third-order valence-electron chi connectivity index (χ3n) is 4.24. The Kier molecular flexibility index (Phi) is 6.65. The van der Waals surface area contributed by atoms with Gasteiger partial charge in [-0.15, -0.1) is 0 Å². The van der Waals surface area contributed by atoms with Gasteiger partial charge >= 0.3 is 0 Å². The molecule has 1 saturated heterocycles. The fourth-order valence-electron chi connectivity index (χ4n) is 2.65. The molecule has 0 bridgehead atoms. The molecule has 160 valence electrons. The lowest BCUT2D eigenvalue weighted by molar-refractivity contribution is -0.122. The van der Waals surface area contributed by atoms with Gasteiger partial charge in [-0.25, -0.2) is 8.42 Å². The number of oxazole rings is 1. The Morgan fingerprint density at radius 1 is 1.30 bits per heavy atom. The van der Waals surface area contributed by atoms with E-state index in [9.17, 15) is 13.2 Å². The second kappa shape index (κ2) is 8.88. The molecule has 0 aliphatic carbocycles. The number of carbonyl (C=O) groups excluding carboxylic acids is 1. The Hall–Kier alpha value is -2.21. The van der Waals surface area contributed by atoms with Crippen molar-refractivity contribution in [3.05, 3.63) is 40.6 Å². The van der Waals surface area contributed by atoms with E-state index < -0.39 is 9.84 Å². The predicted molar refractivity (Wildman–Crippen MR) is 119 cm³/mol. The molecule has 8 nitrogen and oxygen atoms in total. The zero-order valence-corrected chi connectivity index (χ0v) is 19.4. The number of thiocarbonyl (C=S) groups is 1. The van der Waals surface area contributed by atoms with Crippen LogP contribution in [0.1, 0.15) is 11.5 Å². The topological polar surface area (TPSA) is 92.9 Å². The maximum absolute atomic E-state index is 13.1. The summed E-state index contributed by atoms with van der Waals surface area (Å²) in [5, 5.41) is -0.211. The van der Waals surface area contributed by atoms with Crippen molar-refractivity contribution in [1.29, 1.82) is 0 Å². The van der Waals surface area contributed by atoms with Crippen molar-refractivity contribution in [3.8, 4) is 0 Å². The van der Waals surface area contributed by atoms with Gasteiger partial charge in [0.25, 0.3) is 5.91 Å². The monoisotopic (exact) mass is 467 g/mol. The van der Waals surface area contributed by atoms with Gasteiger partial charge in [-0.1, -0.05) is 41.7 Å². The minimum atomic E-state index is -3.91. The number of hydrogen-bond donors (Lipinski definition) is 0. The molecule has 1 aromatic carbocycles. The molecule has 0 spiro atoms. The lowest BCUT2D eigenvalue weighted by Crippen LogP contribution is -2.31. The number of nitrogens with zero attached hydrogens (tertiary/aromatic N) is 3. The van der Waals surface area contributed by atoms with Crippen molar-refractivity contribution in [1.82, 2.24) is 9.88 Å². The molecule has 1 aromatic heterocycles. The standard InChI is InChI=1S/C19H21N3O5S3/c1-12-5-7-13(8-6-12)30(24,25)16-18(21(2)3)27-15(20-16)11-14-17(23)22(9-10-26-4)19(28)29-14/h5-8,11H,9-10H2,1-4H3. The molecule has 30 heavy (non-hydrogen) atoms. The van der Waals surface area contributed by atoms with Crippen LogP contribution >= 0.6 is 24.0 Å². The average molecular weight is 468 g/mol. The first-order valence-corrected chi connectivity index (χ1v) is 11.6. The predicted octanol–water partition coefficient (Wildman–Crippen LogP) is 2.73. The van der Waals surface area contributed by atoms with E-state index in [-0.39, 0.29) is 27.6 Å². The van der Waals surface area contributed by atoms with Crippen LogP contribution in [0.3, 0.4) is 0 Å². The highest BCUT2D eigenvalue weighted by Gasteiger charge is 2.33. The molecule has 1 fully saturated rings. The summed E-state index contributed by atoms with van der Waals surface area (Å²) >= 11 is 6.35. The number of sulfone groups is 1. The van der Waals surface area contributed by atoms with Crippen LogP contribution in [-0.4, -0.2) is 62.9 Å². The number of hydrogen-bond acceptors (Lipinski definition) is 9. The van der Waals surface area contributed by atoms with E-state index in [1.807, 2.05) is 6.92 Å². The summed E-state index contributed by atoms with van der Waals surface area (Å²) in [6.45, 7) is 2.56. The molecule has 2 heterocycles. The summed E-state index contributed by atoms with van der Waals surface area (Å²) in [6, 6.07) is 6.49. The van der Waals surface area contributed by atoms with Crippen LogP contribution < -0.4 is 4.90 Å². The third kappa shape index (κ3) is 4.43. The first kappa shape index (κ1) is 22.5. The number of ether oxygens (including phenoxy) is 1. The van der Waals surface area contributed by atoms with Gasteiger partial charge in [0, 0.05) is 27.3 Å². The van der Waals surface area contributed by atoms with Gasteiger partial charge < -0.3 is 14.1 Å². The van der Waals surface area contributed by atoms with Crippen LogP contribution in [-0.2, 0) is 19.4 Å². The van der Waals surface area contributed by atoms with Gasteiger partial charge in [0.2, 0.25) is 26.6 Å². The zero-order valence-electron chi connectivity index (χ0n) is 16.9. The average Bonchev–Trinajstić information content (AvgIpc) is 3.23. The lowest BCUT2D eigenvalue weighted by Gasteiger charge is -2.12. The quantitative estimate of drug-likeness (QED) is 0.450.